The normalized spacial score (nSPS) is 13.6. The molecule has 1 atom stereocenters. The second-order valence-corrected chi connectivity index (χ2v) is 9.86. The summed E-state index contributed by atoms with van der Waals surface area (Å²) in [4.78, 5) is 4.43. The highest BCUT2D eigenvalue weighted by molar-refractivity contribution is 14.0. The Morgan fingerprint density at radius 1 is 1.22 bits per heavy atom. The molecule has 0 aliphatic heterocycles. The van der Waals surface area contributed by atoms with E-state index < -0.39 is 14.6 Å². The molecule has 1 unspecified atom stereocenters. The lowest BCUT2D eigenvalue weighted by Crippen LogP contribution is -2.42. The van der Waals surface area contributed by atoms with Crippen molar-refractivity contribution in [2.24, 2.45) is 10.9 Å². The Kier molecular flexibility index (Phi) is 12.2. The van der Waals surface area contributed by atoms with Gasteiger partial charge in [0.1, 0.15) is 0 Å². The zero-order valence-electron chi connectivity index (χ0n) is 17.0. The summed E-state index contributed by atoms with van der Waals surface area (Å²) in [6, 6.07) is 10.1. The van der Waals surface area contributed by atoms with Crippen molar-refractivity contribution in [3.63, 3.8) is 0 Å². The number of ether oxygens (including phenoxy) is 1. The lowest BCUT2D eigenvalue weighted by molar-refractivity contribution is 0.0931. The number of nitrogens with one attached hydrogen (secondary N) is 2. The molecule has 0 saturated heterocycles. The molecule has 27 heavy (non-hydrogen) atoms. The summed E-state index contributed by atoms with van der Waals surface area (Å²) in [5.41, 5.74) is 1.16. The Morgan fingerprint density at radius 3 is 2.41 bits per heavy atom. The van der Waals surface area contributed by atoms with Gasteiger partial charge in [-0.2, -0.15) is 0 Å². The molecule has 0 aliphatic carbocycles. The number of aliphatic imine (C=N–C) groups is 1. The minimum absolute atomic E-state index is 0. The molecule has 0 bridgehead atoms. The van der Waals surface area contributed by atoms with Gasteiger partial charge in [-0.3, -0.25) is 4.99 Å². The number of sulfone groups is 1. The van der Waals surface area contributed by atoms with E-state index in [1.165, 1.54) is 6.26 Å². The molecule has 0 radical (unpaired) electrons. The summed E-state index contributed by atoms with van der Waals surface area (Å²) in [7, 11) is -3.17. The first-order valence-corrected chi connectivity index (χ1v) is 10.9. The van der Waals surface area contributed by atoms with Gasteiger partial charge in [-0.25, -0.2) is 8.42 Å². The highest BCUT2D eigenvalue weighted by Crippen LogP contribution is 2.15. The molecule has 1 aromatic rings. The van der Waals surface area contributed by atoms with E-state index in [2.05, 4.69) is 22.5 Å². The quantitative estimate of drug-likeness (QED) is 0.287. The van der Waals surface area contributed by atoms with Gasteiger partial charge in [0, 0.05) is 19.3 Å². The topological polar surface area (TPSA) is 79.8 Å². The fourth-order valence-electron chi connectivity index (χ4n) is 2.01. The number of hydrogen-bond donors (Lipinski definition) is 2. The summed E-state index contributed by atoms with van der Waals surface area (Å²) in [6.07, 6.45) is 1.25. The molecule has 0 aromatic heterocycles. The molecule has 1 aromatic carbocycles. The van der Waals surface area contributed by atoms with Crippen LogP contribution < -0.4 is 10.6 Å². The van der Waals surface area contributed by atoms with Crippen LogP contribution in [0.4, 0.5) is 0 Å². The molecule has 0 spiro atoms. The minimum atomic E-state index is -3.17. The molecule has 2 N–H and O–H groups in total. The first-order chi connectivity index (χ1) is 12.2. The van der Waals surface area contributed by atoms with Crippen LogP contribution in [0.5, 0.6) is 0 Å². The summed E-state index contributed by atoms with van der Waals surface area (Å²) in [5, 5.41) is 6.40. The van der Waals surface area contributed by atoms with E-state index in [4.69, 9.17) is 4.74 Å². The zero-order valence-corrected chi connectivity index (χ0v) is 20.1. The third-order valence-electron chi connectivity index (χ3n) is 4.10. The predicted octanol–water partition coefficient (Wildman–Crippen LogP) is 2.84. The fourth-order valence-corrected chi connectivity index (χ4v) is 2.31. The van der Waals surface area contributed by atoms with E-state index in [-0.39, 0.29) is 30.5 Å². The van der Waals surface area contributed by atoms with Gasteiger partial charge < -0.3 is 15.4 Å². The Balaban J connectivity index is 0.00000676. The molecule has 0 aliphatic rings. The van der Waals surface area contributed by atoms with E-state index in [9.17, 15) is 8.42 Å². The van der Waals surface area contributed by atoms with Crippen molar-refractivity contribution >= 4 is 39.8 Å². The highest BCUT2D eigenvalue weighted by Gasteiger charge is 2.29. The average molecular weight is 511 g/mol. The van der Waals surface area contributed by atoms with Gasteiger partial charge in [0.25, 0.3) is 0 Å². The lowest BCUT2D eigenvalue weighted by atomic mass is 10.2. The van der Waals surface area contributed by atoms with Crippen LogP contribution in [-0.2, 0) is 21.2 Å². The first-order valence-electron chi connectivity index (χ1n) is 8.99. The molecule has 1 rings (SSSR count). The predicted molar refractivity (Wildman–Crippen MR) is 124 cm³/mol. The summed E-state index contributed by atoms with van der Waals surface area (Å²) < 4.78 is 28.5. The fraction of sp³-hybridized carbons (Fsp3) is 0.632. The van der Waals surface area contributed by atoms with E-state index >= 15 is 0 Å². The monoisotopic (exact) mass is 511 g/mol. The third-order valence-corrected chi connectivity index (χ3v) is 6.23. The largest absolute Gasteiger partial charge is 0.376 e. The van der Waals surface area contributed by atoms with Gasteiger partial charge in [0.2, 0.25) is 0 Å². The van der Waals surface area contributed by atoms with E-state index in [1.54, 1.807) is 13.8 Å². The van der Waals surface area contributed by atoms with E-state index in [0.29, 0.717) is 38.2 Å². The molecule has 156 valence electrons. The Hall–Kier alpha value is -0.870. The van der Waals surface area contributed by atoms with Crippen LogP contribution in [-0.4, -0.2) is 51.6 Å². The minimum Gasteiger partial charge on any atom is -0.376 e. The molecule has 8 heteroatoms. The summed E-state index contributed by atoms with van der Waals surface area (Å²) >= 11 is 0. The third kappa shape index (κ3) is 10.3. The SMILES string of the molecule is CCNC(=NCC(C)(C)S(C)(=O)=O)NCC(C)COCc1ccccc1.I. The van der Waals surface area contributed by atoms with Crippen molar-refractivity contribution in [2.75, 3.05) is 32.5 Å². The van der Waals surface area contributed by atoms with Crippen LogP contribution in [0.25, 0.3) is 0 Å². The van der Waals surface area contributed by atoms with Gasteiger partial charge >= 0.3 is 0 Å². The summed E-state index contributed by atoms with van der Waals surface area (Å²) in [6.45, 7) is 10.3. The standard InChI is InChI=1S/C19H33N3O3S.HI/c1-6-20-18(22-15-19(3,4)26(5,23)24)21-12-16(2)13-25-14-17-10-8-7-9-11-17;/h7-11,16H,6,12-15H2,1-5H3,(H2,20,21,22);1H. The second kappa shape index (κ2) is 12.6. The average Bonchev–Trinajstić information content (AvgIpc) is 2.57. The van der Waals surface area contributed by atoms with Crippen LogP contribution >= 0.6 is 24.0 Å². The molecule has 0 saturated carbocycles. The number of halogens is 1. The maximum absolute atomic E-state index is 11.8. The van der Waals surface area contributed by atoms with Gasteiger partial charge in [0.05, 0.1) is 24.5 Å². The number of benzene rings is 1. The maximum atomic E-state index is 11.8. The van der Waals surface area contributed by atoms with E-state index in [1.807, 2.05) is 37.3 Å². The Morgan fingerprint density at radius 2 is 1.85 bits per heavy atom. The van der Waals surface area contributed by atoms with Gasteiger partial charge in [-0.15, -0.1) is 24.0 Å². The van der Waals surface area contributed by atoms with Crippen molar-refractivity contribution in [2.45, 2.75) is 39.0 Å². The van der Waals surface area contributed by atoms with Crippen LogP contribution in [0, 0.1) is 5.92 Å². The van der Waals surface area contributed by atoms with Crippen molar-refractivity contribution in [1.29, 1.82) is 0 Å². The smallest absolute Gasteiger partial charge is 0.191 e. The van der Waals surface area contributed by atoms with Crippen molar-refractivity contribution in [3.8, 4) is 0 Å². The van der Waals surface area contributed by atoms with Crippen molar-refractivity contribution < 1.29 is 13.2 Å². The van der Waals surface area contributed by atoms with Crippen LogP contribution in [0.15, 0.2) is 35.3 Å². The molecule has 0 fully saturated rings. The first kappa shape index (κ1) is 26.1. The maximum Gasteiger partial charge on any atom is 0.191 e. The number of guanidine groups is 1. The molecule has 0 amide bonds. The van der Waals surface area contributed by atoms with Gasteiger partial charge in [-0.1, -0.05) is 37.3 Å². The van der Waals surface area contributed by atoms with Crippen molar-refractivity contribution in [1.82, 2.24) is 10.6 Å². The number of rotatable bonds is 10. The van der Waals surface area contributed by atoms with Gasteiger partial charge in [-0.05, 0) is 32.3 Å². The highest BCUT2D eigenvalue weighted by atomic mass is 127. The van der Waals surface area contributed by atoms with Gasteiger partial charge in [0.15, 0.2) is 15.8 Å². The second-order valence-electron chi connectivity index (χ2n) is 7.21. The van der Waals surface area contributed by atoms with Crippen LogP contribution in [0.1, 0.15) is 33.3 Å². The molecule has 6 nitrogen and oxygen atoms in total. The molecular formula is C19H34IN3O3S. The number of nitrogens with zero attached hydrogens (tertiary/aromatic N) is 1. The van der Waals surface area contributed by atoms with Crippen LogP contribution in [0.2, 0.25) is 0 Å². The Bertz CT molecular complexity index is 664. The molecular weight excluding hydrogens is 477 g/mol. The van der Waals surface area contributed by atoms with Crippen LogP contribution in [0.3, 0.4) is 0 Å². The number of hydrogen-bond acceptors (Lipinski definition) is 4. The Labute approximate surface area is 181 Å². The lowest BCUT2D eigenvalue weighted by Gasteiger charge is -2.21. The van der Waals surface area contributed by atoms with Crippen molar-refractivity contribution in [3.05, 3.63) is 35.9 Å². The molecule has 0 heterocycles. The summed E-state index contributed by atoms with van der Waals surface area (Å²) in [5.74, 6) is 0.921. The zero-order chi connectivity index (χ0) is 19.6. The van der Waals surface area contributed by atoms with E-state index in [0.717, 1.165) is 5.56 Å².